The average molecular weight is 358 g/mol. The van der Waals surface area contributed by atoms with E-state index in [4.69, 9.17) is 4.99 Å². The number of aryl methyl sites for hydroxylation is 1. The molecule has 1 aromatic heterocycles. The molecule has 0 saturated carbocycles. The van der Waals surface area contributed by atoms with Gasteiger partial charge in [0.25, 0.3) is 0 Å². The molecule has 0 unspecified atom stereocenters. The van der Waals surface area contributed by atoms with Crippen LogP contribution in [0.15, 0.2) is 83.2 Å². The molecule has 0 bridgehead atoms. The minimum Gasteiger partial charge on any atom is -0.256 e. The van der Waals surface area contributed by atoms with E-state index in [2.05, 4.69) is 87.5 Å². The Kier molecular flexibility index (Phi) is 5.85. The maximum atomic E-state index is 5.04. The number of benzene rings is 1. The summed E-state index contributed by atoms with van der Waals surface area (Å²) in [6.07, 6.45) is 8.04. The molecule has 0 spiro atoms. The van der Waals surface area contributed by atoms with E-state index in [0.29, 0.717) is 0 Å². The van der Waals surface area contributed by atoms with Gasteiger partial charge in [0.1, 0.15) is 5.70 Å². The minimum atomic E-state index is 0.778. The number of hydrogen-bond donors (Lipinski definition) is 0. The van der Waals surface area contributed by atoms with Crippen molar-refractivity contribution in [2.45, 2.75) is 47.1 Å². The Hall–Kier alpha value is -2.74. The molecular formula is C25H29N2+. The third kappa shape index (κ3) is 4.16. The molecule has 0 atom stereocenters. The summed E-state index contributed by atoms with van der Waals surface area (Å²) in [4.78, 5) is 5.04. The van der Waals surface area contributed by atoms with Crippen LogP contribution in [0.4, 0.5) is 0 Å². The predicted octanol–water partition coefficient (Wildman–Crippen LogP) is 5.76. The molecule has 0 radical (unpaired) electrons. The van der Waals surface area contributed by atoms with Gasteiger partial charge in [-0.1, -0.05) is 43.9 Å². The van der Waals surface area contributed by atoms with E-state index in [1.54, 1.807) is 0 Å². The molecule has 0 N–H and O–H groups in total. The first-order chi connectivity index (χ1) is 13.0. The number of rotatable bonds is 4. The van der Waals surface area contributed by atoms with Gasteiger partial charge in [0, 0.05) is 29.3 Å². The van der Waals surface area contributed by atoms with Crippen LogP contribution in [0, 0.1) is 6.92 Å². The standard InChI is InChI=1S/C25H29N2/c1-6-10-19(4)23-15-21-11-8-9-12-22(21)25-14-13-18(3)16-27(25)17-24(23)26-20(5)7-2/h6,8-14,16H,1,7,15,17H2,2-5H3/q+1/b19-10+,24-23-,26-20?. The fourth-order valence-electron chi connectivity index (χ4n) is 3.57. The number of allylic oxidation sites excluding steroid dienone is 5. The third-order valence-electron chi connectivity index (χ3n) is 5.18. The predicted molar refractivity (Wildman–Crippen MR) is 115 cm³/mol. The maximum Gasteiger partial charge on any atom is 0.213 e. The van der Waals surface area contributed by atoms with Gasteiger partial charge in [-0.05, 0) is 56.0 Å². The zero-order chi connectivity index (χ0) is 19.4. The van der Waals surface area contributed by atoms with Crippen LogP contribution in [0.2, 0.25) is 0 Å². The summed E-state index contributed by atoms with van der Waals surface area (Å²) >= 11 is 0. The molecule has 2 aromatic rings. The zero-order valence-corrected chi connectivity index (χ0v) is 16.9. The fourth-order valence-corrected chi connectivity index (χ4v) is 3.57. The van der Waals surface area contributed by atoms with Crippen LogP contribution in [0.1, 0.15) is 38.3 Å². The molecule has 2 nitrogen and oxygen atoms in total. The lowest BCUT2D eigenvalue weighted by Crippen LogP contribution is -2.38. The molecule has 2 heteroatoms. The van der Waals surface area contributed by atoms with Crippen LogP contribution in [0.5, 0.6) is 0 Å². The first-order valence-corrected chi connectivity index (χ1v) is 9.67. The van der Waals surface area contributed by atoms with Crippen molar-refractivity contribution >= 4 is 5.71 Å². The summed E-state index contributed by atoms with van der Waals surface area (Å²) in [7, 11) is 0. The average Bonchev–Trinajstić information content (AvgIpc) is 2.65. The van der Waals surface area contributed by atoms with E-state index >= 15 is 0 Å². The van der Waals surface area contributed by atoms with Gasteiger partial charge in [0.15, 0.2) is 12.7 Å². The summed E-state index contributed by atoms with van der Waals surface area (Å²) in [5.41, 5.74) is 10.00. The first-order valence-electron chi connectivity index (χ1n) is 9.67. The zero-order valence-electron chi connectivity index (χ0n) is 16.9. The molecule has 0 amide bonds. The maximum absolute atomic E-state index is 5.04. The Morgan fingerprint density at radius 3 is 2.70 bits per heavy atom. The van der Waals surface area contributed by atoms with Gasteiger partial charge >= 0.3 is 0 Å². The van der Waals surface area contributed by atoms with Crippen molar-refractivity contribution in [3.05, 3.63) is 89.3 Å². The Morgan fingerprint density at radius 1 is 1.19 bits per heavy atom. The van der Waals surface area contributed by atoms with Gasteiger partial charge < -0.3 is 0 Å². The SMILES string of the molecule is C=C/C=C(C)/C1=C(\N=C(C)CC)C[n+]2cc(C)ccc2-c2ccccc2C1. The molecule has 138 valence electrons. The highest BCUT2D eigenvalue weighted by molar-refractivity contribution is 5.82. The molecule has 1 aromatic carbocycles. The van der Waals surface area contributed by atoms with Gasteiger partial charge in [-0.15, -0.1) is 0 Å². The molecule has 1 aliphatic heterocycles. The van der Waals surface area contributed by atoms with Crippen molar-refractivity contribution in [1.29, 1.82) is 0 Å². The summed E-state index contributed by atoms with van der Waals surface area (Å²) in [5.74, 6) is 0. The molecule has 0 fully saturated rings. The largest absolute Gasteiger partial charge is 0.256 e. The van der Waals surface area contributed by atoms with Crippen molar-refractivity contribution in [2.75, 3.05) is 0 Å². The number of pyridine rings is 1. The first kappa shape index (κ1) is 19.0. The summed E-state index contributed by atoms with van der Waals surface area (Å²) < 4.78 is 2.34. The van der Waals surface area contributed by atoms with E-state index < -0.39 is 0 Å². The minimum absolute atomic E-state index is 0.778. The second kappa shape index (κ2) is 8.30. The topological polar surface area (TPSA) is 16.2 Å². The molecule has 27 heavy (non-hydrogen) atoms. The van der Waals surface area contributed by atoms with Crippen molar-refractivity contribution in [3.63, 3.8) is 0 Å². The fraction of sp³-hybridized carbons (Fsp3) is 0.280. The third-order valence-corrected chi connectivity index (χ3v) is 5.18. The number of aromatic nitrogens is 1. The van der Waals surface area contributed by atoms with E-state index in [0.717, 1.165) is 30.8 Å². The molecule has 0 saturated heterocycles. The smallest absolute Gasteiger partial charge is 0.213 e. The van der Waals surface area contributed by atoms with Crippen molar-refractivity contribution < 1.29 is 4.57 Å². The van der Waals surface area contributed by atoms with Crippen LogP contribution in [-0.2, 0) is 13.0 Å². The summed E-state index contributed by atoms with van der Waals surface area (Å²) in [6.45, 7) is 13.3. The van der Waals surface area contributed by atoms with Crippen molar-refractivity contribution in [1.82, 2.24) is 0 Å². The number of aliphatic imine (C=N–C) groups is 1. The lowest BCUT2D eigenvalue weighted by Gasteiger charge is -2.19. The highest BCUT2D eigenvalue weighted by Gasteiger charge is 2.24. The van der Waals surface area contributed by atoms with Gasteiger partial charge in [0.2, 0.25) is 5.69 Å². The van der Waals surface area contributed by atoms with Crippen molar-refractivity contribution in [3.8, 4) is 11.3 Å². The second-order valence-electron chi connectivity index (χ2n) is 7.26. The van der Waals surface area contributed by atoms with Gasteiger partial charge in [-0.3, -0.25) is 4.99 Å². The van der Waals surface area contributed by atoms with E-state index in [1.807, 2.05) is 6.08 Å². The Balaban J connectivity index is 2.32. The van der Waals surface area contributed by atoms with Gasteiger partial charge in [-0.25, -0.2) is 0 Å². The lowest BCUT2D eigenvalue weighted by atomic mass is 9.91. The molecular weight excluding hydrogens is 328 g/mol. The normalized spacial score (nSPS) is 17.6. The number of fused-ring (bicyclic) bond motifs is 3. The second-order valence-corrected chi connectivity index (χ2v) is 7.26. The van der Waals surface area contributed by atoms with Crippen LogP contribution in [0.25, 0.3) is 11.3 Å². The van der Waals surface area contributed by atoms with Crippen LogP contribution in [-0.4, -0.2) is 5.71 Å². The molecule has 2 heterocycles. The number of nitrogens with zero attached hydrogens (tertiary/aromatic N) is 2. The van der Waals surface area contributed by atoms with E-state index in [9.17, 15) is 0 Å². The lowest BCUT2D eigenvalue weighted by molar-refractivity contribution is -0.678. The molecule has 3 rings (SSSR count). The highest BCUT2D eigenvalue weighted by Crippen LogP contribution is 2.30. The summed E-state index contributed by atoms with van der Waals surface area (Å²) in [6, 6.07) is 13.1. The van der Waals surface area contributed by atoms with E-state index in [1.165, 1.54) is 33.5 Å². The van der Waals surface area contributed by atoms with Gasteiger partial charge in [0.05, 0.1) is 0 Å². The van der Waals surface area contributed by atoms with Crippen LogP contribution in [0.3, 0.4) is 0 Å². The quantitative estimate of drug-likeness (QED) is 0.376. The Bertz CT molecular complexity index is 958. The van der Waals surface area contributed by atoms with Crippen LogP contribution >= 0.6 is 0 Å². The highest BCUT2D eigenvalue weighted by atomic mass is 15.0. The van der Waals surface area contributed by atoms with Gasteiger partial charge in [-0.2, -0.15) is 4.57 Å². The molecule has 1 aliphatic rings. The monoisotopic (exact) mass is 357 g/mol. The van der Waals surface area contributed by atoms with Crippen LogP contribution < -0.4 is 4.57 Å². The number of hydrogen-bond acceptors (Lipinski definition) is 1. The Morgan fingerprint density at radius 2 is 1.96 bits per heavy atom. The van der Waals surface area contributed by atoms with Crippen molar-refractivity contribution in [2.24, 2.45) is 4.99 Å². The van der Waals surface area contributed by atoms with E-state index in [-0.39, 0.29) is 0 Å². The summed E-state index contributed by atoms with van der Waals surface area (Å²) in [5, 5.41) is 0. The Labute approximate surface area is 163 Å². The molecule has 0 aliphatic carbocycles.